The average Bonchev–Trinajstić information content (AvgIpc) is 2.68. The summed E-state index contributed by atoms with van der Waals surface area (Å²) in [6, 6.07) is 10.8. The third-order valence-corrected chi connectivity index (χ3v) is 2.92. The van der Waals surface area contributed by atoms with E-state index in [-0.39, 0.29) is 5.41 Å². The monoisotopic (exact) mass is 213 g/mol. The molecule has 1 heterocycles. The highest BCUT2D eigenvalue weighted by molar-refractivity contribution is 5.43. The average molecular weight is 213 g/mol. The van der Waals surface area contributed by atoms with E-state index >= 15 is 0 Å². The maximum atomic E-state index is 2.25. The molecule has 2 aromatic rings. The molecular formula is C15H19N. The van der Waals surface area contributed by atoms with Crippen LogP contribution in [0.25, 0.3) is 5.69 Å². The molecule has 0 N–H and O–H groups in total. The Balaban J connectivity index is 2.45. The summed E-state index contributed by atoms with van der Waals surface area (Å²) >= 11 is 0. The second-order valence-corrected chi connectivity index (χ2v) is 5.34. The van der Waals surface area contributed by atoms with Gasteiger partial charge in [0, 0.05) is 18.1 Å². The van der Waals surface area contributed by atoms with Crippen LogP contribution in [0, 0.1) is 6.92 Å². The van der Waals surface area contributed by atoms with Crippen molar-refractivity contribution in [3.8, 4) is 5.69 Å². The highest BCUT2D eigenvalue weighted by atomic mass is 14.9. The number of rotatable bonds is 1. The minimum absolute atomic E-state index is 0.222. The molecule has 0 saturated heterocycles. The van der Waals surface area contributed by atoms with Gasteiger partial charge >= 0.3 is 0 Å². The van der Waals surface area contributed by atoms with Crippen molar-refractivity contribution < 1.29 is 0 Å². The molecule has 0 unspecified atom stereocenters. The highest BCUT2D eigenvalue weighted by Crippen LogP contribution is 2.27. The highest BCUT2D eigenvalue weighted by Gasteiger charge is 2.16. The molecule has 0 fully saturated rings. The van der Waals surface area contributed by atoms with Gasteiger partial charge in [-0.1, -0.05) is 26.8 Å². The van der Waals surface area contributed by atoms with E-state index in [1.807, 2.05) is 12.1 Å². The van der Waals surface area contributed by atoms with Gasteiger partial charge in [-0.3, -0.25) is 0 Å². The molecule has 1 heteroatoms. The van der Waals surface area contributed by atoms with Crippen LogP contribution in [0.15, 0.2) is 42.7 Å². The molecule has 1 aromatic heterocycles. The van der Waals surface area contributed by atoms with E-state index in [9.17, 15) is 0 Å². The first kappa shape index (κ1) is 11.0. The second-order valence-electron chi connectivity index (χ2n) is 5.34. The van der Waals surface area contributed by atoms with Crippen LogP contribution in [0.5, 0.6) is 0 Å². The molecule has 0 atom stereocenters. The number of aromatic nitrogens is 1. The zero-order chi connectivity index (χ0) is 11.8. The summed E-state index contributed by atoms with van der Waals surface area (Å²) in [6.45, 7) is 8.95. The van der Waals surface area contributed by atoms with Gasteiger partial charge in [-0.25, -0.2) is 0 Å². The van der Waals surface area contributed by atoms with Gasteiger partial charge < -0.3 is 4.57 Å². The summed E-state index contributed by atoms with van der Waals surface area (Å²) in [4.78, 5) is 0. The topological polar surface area (TPSA) is 4.93 Å². The standard InChI is InChI=1S/C15H19N/c1-12-11-13(16-9-5-6-10-16)7-8-14(12)15(2,3)4/h5-11H,1-4H3. The van der Waals surface area contributed by atoms with E-state index in [4.69, 9.17) is 0 Å². The van der Waals surface area contributed by atoms with E-state index < -0.39 is 0 Å². The molecule has 1 aromatic carbocycles. The van der Waals surface area contributed by atoms with Crippen molar-refractivity contribution in [2.24, 2.45) is 0 Å². The lowest BCUT2D eigenvalue weighted by atomic mass is 9.84. The molecule has 0 radical (unpaired) electrons. The molecule has 0 aliphatic carbocycles. The van der Waals surface area contributed by atoms with E-state index in [2.05, 4.69) is 62.9 Å². The molecule has 84 valence electrons. The fraction of sp³-hybridized carbons (Fsp3) is 0.333. The summed E-state index contributed by atoms with van der Waals surface area (Å²) in [6.07, 6.45) is 4.15. The summed E-state index contributed by atoms with van der Waals surface area (Å²) < 4.78 is 2.14. The van der Waals surface area contributed by atoms with E-state index in [0.717, 1.165) is 0 Å². The Hall–Kier alpha value is -1.50. The lowest BCUT2D eigenvalue weighted by Gasteiger charge is -2.22. The minimum atomic E-state index is 0.222. The van der Waals surface area contributed by atoms with Gasteiger partial charge in [0.2, 0.25) is 0 Å². The maximum Gasteiger partial charge on any atom is 0.0452 e. The molecule has 1 nitrogen and oxygen atoms in total. The van der Waals surface area contributed by atoms with Crippen molar-refractivity contribution >= 4 is 0 Å². The van der Waals surface area contributed by atoms with Gasteiger partial charge in [0.15, 0.2) is 0 Å². The Morgan fingerprint density at radius 3 is 2.12 bits per heavy atom. The number of hydrogen-bond donors (Lipinski definition) is 0. The Kier molecular flexibility index (Phi) is 2.63. The van der Waals surface area contributed by atoms with E-state index in [1.165, 1.54) is 16.8 Å². The molecule has 0 saturated carbocycles. The number of benzene rings is 1. The number of hydrogen-bond acceptors (Lipinski definition) is 0. The lowest BCUT2D eigenvalue weighted by molar-refractivity contribution is 0.586. The van der Waals surface area contributed by atoms with E-state index in [0.29, 0.717) is 0 Å². The van der Waals surface area contributed by atoms with Crippen LogP contribution in [0.2, 0.25) is 0 Å². The van der Waals surface area contributed by atoms with Crippen molar-refractivity contribution in [2.75, 3.05) is 0 Å². The first-order chi connectivity index (χ1) is 7.48. The molecule has 0 aliphatic rings. The predicted molar refractivity (Wildman–Crippen MR) is 69.2 cm³/mol. The Labute approximate surface area is 97.7 Å². The Morgan fingerprint density at radius 2 is 1.62 bits per heavy atom. The van der Waals surface area contributed by atoms with Crippen molar-refractivity contribution in [3.63, 3.8) is 0 Å². The quantitative estimate of drug-likeness (QED) is 0.672. The molecule has 0 aliphatic heterocycles. The van der Waals surface area contributed by atoms with Gasteiger partial charge in [-0.05, 0) is 47.7 Å². The summed E-state index contributed by atoms with van der Waals surface area (Å²) in [7, 11) is 0. The zero-order valence-electron chi connectivity index (χ0n) is 10.5. The maximum absolute atomic E-state index is 2.25. The zero-order valence-corrected chi connectivity index (χ0v) is 10.5. The largest absolute Gasteiger partial charge is 0.324 e. The van der Waals surface area contributed by atoms with Gasteiger partial charge in [0.25, 0.3) is 0 Å². The number of aryl methyl sites for hydroxylation is 1. The first-order valence-electron chi connectivity index (χ1n) is 5.73. The van der Waals surface area contributed by atoms with Crippen molar-refractivity contribution in [1.82, 2.24) is 4.57 Å². The van der Waals surface area contributed by atoms with Crippen LogP contribution in [-0.4, -0.2) is 4.57 Å². The summed E-state index contributed by atoms with van der Waals surface area (Å²) in [5, 5.41) is 0. The third kappa shape index (κ3) is 2.04. The van der Waals surface area contributed by atoms with Crippen LogP contribution in [-0.2, 0) is 5.41 Å². The summed E-state index contributed by atoms with van der Waals surface area (Å²) in [5.41, 5.74) is 4.23. The van der Waals surface area contributed by atoms with Crippen LogP contribution in [0.4, 0.5) is 0 Å². The molecule has 16 heavy (non-hydrogen) atoms. The van der Waals surface area contributed by atoms with Crippen LogP contribution in [0.1, 0.15) is 31.9 Å². The molecule has 0 bridgehead atoms. The second kappa shape index (κ2) is 3.82. The minimum Gasteiger partial charge on any atom is -0.324 e. The fourth-order valence-corrected chi connectivity index (χ4v) is 2.16. The Bertz CT molecular complexity index is 473. The summed E-state index contributed by atoms with van der Waals surface area (Å²) in [5.74, 6) is 0. The van der Waals surface area contributed by atoms with Crippen molar-refractivity contribution in [1.29, 1.82) is 0 Å². The molecule has 0 amide bonds. The van der Waals surface area contributed by atoms with Crippen molar-refractivity contribution in [2.45, 2.75) is 33.1 Å². The van der Waals surface area contributed by atoms with Gasteiger partial charge in [-0.2, -0.15) is 0 Å². The van der Waals surface area contributed by atoms with Crippen LogP contribution in [0.3, 0.4) is 0 Å². The first-order valence-corrected chi connectivity index (χ1v) is 5.73. The van der Waals surface area contributed by atoms with Crippen LogP contribution < -0.4 is 0 Å². The molecule has 2 rings (SSSR count). The smallest absolute Gasteiger partial charge is 0.0452 e. The van der Waals surface area contributed by atoms with Crippen LogP contribution >= 0.6 is 0 Å². The number of nitrogens with zero attached hydrogens (tertiary/aromatic N) is 1. The van der Waals surface area contributed by atoms with E-state index in [1.54, 1.807) is 0 Å². The molecular weight excluding hydrogens is 194 g/mol. The van der Waals surface area contributed by atoms with Gasteiger partial charge in [0.05, 0.1) is 0 Å². The molecule has 0 spiro atoms. The lowest BCUT2D eigenvalue weighted by Crippen LogP contribution is -2.13. The van der Waals surface area contributed by atoms with Gasteiger partial charge in [-0.15, -0.1) is 0 Å². The normalized spacial score (nSPS) is 11.8. The SMILES string of the molecule is Cc1cc(-n2cccc2)ccc1C(C)(C)C. The predicted octanol–water partition coefficient (Wildman–Crippen LogP) is 4.08. The fourth-order valence-electron chi connectivity index (χ4n) is 2.16. The third-order valence-electron chi connectivity index (χ3n) is 2.92. The Morgan fingerprint density at radius 1 is 1.00 bits per heavy atom. The van der Waals surface area contributed by atoms with Gasteiger partial charge in [0.1, 0.15) is 0 Å². The van der Waals surface area contributed by atoms with Crippen molar-refractivity contribution in [3.05, 3.63) is 53.9 Å².